The summed E-state index contributed by atoms with van der Waals surface area (Å²) in [4.78, 5) is 35.9. The molecule has 0 spiro atoms. The highest BCUT2D eigenvalue weighted by molar-refractivity contribution is 5.84. The molecule has 190 valence electrons. The van der Waals surface area contributed by atoms with Crippen LogP contribution >= 0.6 is 0 Å². The number of ether oxygens (including phenoxy) is 1. The number of imidazole rings is 1. The molecule has 10 nitrogen and oxygen atoms in total. The fourth-order valence-electron chi connectivity index (χ4n) is 4.59. The number of aromatic nitrogens is 5. The average molecular weight is 504 g/mol. The van der Waals surface area contributed by atoms with Gasteiger partial charge in [0.25, 0.3) is 5.56 Å². The molecule has 0 unspecified atom stereocenters. The van der Waals surface area contributed by atoms with Gasteiger partial charge in [0.1, 0.15) is 22.9 Å². The minimum absolute atomic E-state index is 0.110. The molecule has 1 fully saturated rings. The first kappa shape index (κ1) is 24.4. The van der Waals surface area contributed by atoms with Crippen LogP contribution in [0.2, 0.25) is 0 Å². The maximum absolute atomic E-state index is 15.3. The highest BCUT2D eigenvalue weighted by Crippen LogP contribution is 2.27. The molecule has 1 amide bonds. The molecule has 1 saturated heterocycles. The maximum atomic E-state index is 15.3. The summed E-state index contributed by atoms with van der Waals surface area (Å²) in [6.07, 6.45) is 3.78. The number of carbonyl (C=O) groups excluding carboxylic acids is 1. The fourth-order valence-corrected chi connectivity index (χ4v) is 4.59. The average Bonchev–Trinajstić information content (AvgIpc) is 3.22. The van der Waals surface area contributed by atoms with E-state index < -0.39 is 17.0 Å². The first-order valence-electron chi connectivity index (χ1n) is 12.0. The predicted molar refractivity (Wildman–Crippen MR) is 133 cm³/mol. The number of halogens is 1. The second-order valence-corrected chi connectivity index (χ2v) is 10.2. The lowest BCUT2D eigenvalue weighted by Gasteiger charge is -2.34. The number of benzene rings is 1. The Labute approximate surface area is 211 Å². The molecule has 5 rings (SSSR count). The predicted octanol–water partition coefficient (Wildman–Crippen LogP) is 4.00. The summed E-state index contributed by atoms with van der Waals surface area (Å²) in [5.74, 6) is -0.715. The molecular formula is C26H26FN7O3. The Bertz CT molecular complexity index is 1640. The van der Waals surface area contributed by atoms with Crippen molar-refractivity contribution in [2.45, 2.75) is 52.2 Å². The Morgan fingerprint density at radius 1 is 1.22 bits per heavy atom. The number of likely N-dealkylation sites (tertiary alicyclic amines) is 1. The van der Waals surface area contributed by atoms with Crippen LogP contribution in [0, 0.1) is 24.1 Å². The van der Waals surface area contributed by atoms with E-state index in [0.29, 0.717) is 54.1 Å². The van der Waals surface area contributed by atoms with Crippen molar-refractivity contribution >= 4 is 22.6 Å². The fraction of sp³-hybridized carbons (Fsp3) is 0.385. The largest absolute Gasteiger partial charge is 0.444 e. The van der Waals surface area contributed by atoms with E-state index in [9.17, 15) is 14.9 Å². The van der Waals surface area contributed by atoms with Crippen LogP contribution in [0.4, 0.5) is 9.18 Å². The molecule has 0 atom stereocenters. The zero-order chi connectivity index (χ0) is 26.5. The van der Waals surface area contributed by atoms with Crippen LogP contribution < -0.4 is 5.56 Å². The van der Waals surface area contributed by atoms with Gasteiger partial charge in [-0.25, -0.2) is 23.7 Å². The van der Waals surface area contributed by atoms with Gasteiger partial charge in [0, 0.05) is 24.7 Å². The summed E-state index contributed by atoms with van der Waals surface area (Å²) < 4.78 is 23.7. The van der Waals surface area contributed by atoms with Crippen molar-refractivity contribution in [2.75, 3.05) is 13.1 Å². The number of nitrogens with zero attached hydrogens (tertiary/aromatic N) is 7. The van der Waals surface area contributed by atoms with Gasteiger partial charge in [-0.3, -0.25) is 9.36 Å². The van der Waals surface area contributed by atoms with E-state index >= 15 is 4.39 Å². The summed E-state index contributed by atoms with van der Waals surface area (Å²) in [5, 5.41) is 13.9. The molecule has 1 aliphatic heterocycles. The van der Waals surface area contributed by atoms with Crippen molar-refractivity contribution in [3.63, 3.8) is 0 Å². The lowest BCUT2D eigenvalue weighted by molar-refractivity contribution is 0.0187. The van der Waals surface area contributed by atoms with Gasteiger partial charge in [0.05, 0.1) is 35.0 Å². The highest BCUT2D eigenvalue weighted by Gasteiger charge is 2.28. The molecule has 4 aromatic rings. The van der Waals surface area contributed by atoms with Gasteiger partial charge in [0.2, 0.25) is 0 Å². The Balaban J connectivity index is 1.45. The van der Waals surface area contributed by atoms with Crippen molar-refractivity contribution in [1.82, 2.24) is 29.0 Å². The third-order valence-corrected chi connectivity index (χ3v) is 6.31. The number of piperidine rings is 1. The summed E-state index contributed by atoms with van der Waals surface area (Å²) in [5.41, 5.74) is 1.32. The number of hydrogen-bond acceptors (Lipinski definition) is 7. The molecule has 4 heterocycles. The number of nitriles is 1. The Hall–Kier alpha value is -4.33. The summed E-state index contributed by atoms with van der Waals surface area (Å²) >= 11 is 0. The molecular weight excluding hydrogens is 477 g/mol. The summed E-state index contributed by atoms with van der Waals surface area (Å²) in [7, 11) is 0. The SMILES string of the molecule is Cc1cn2nc(-c3cc(F)c4c(=O)n(C5CCN(C(=O)OC(C)(C)C)CC5)cnc4c3)cc(C#N)c2n1. The van der Waals surface area contributed by atoms with Crippen LogP contribution in [-0.4, -0.2) is 53.8 Å². The molecule has 0 aliphatic carbocycles. The first-order valence-corrected chi connectivity index (χ1v) is 12.0. The van der Waals surface area contributed by atoms with E-state index in [2.05, 4.69) is 21.1 Å². The van der Waals surface area contributed by atoms with Crippen LogP contribution in [-0.2, 0) is 4.74 Å². The standard InChI is InChI=1S/C26H26FN7O3/c1-15-13-34-23(30-15)17(12-28)11-20(31-34)16-9-19(27)22-21(10-16)29-14-33(24(22)35)18-5-7-32(8-6-18)25(36)37-26(2,3)4/h9-11,13-14,18H,5-8H2,1-4H3. The molecule has 0 saturated carbocycles. The molecule has 0 N–H and O–H groups in total. The number of amides is 1. The minimum atomic E-state index is -0.715. The van der Waals surface area contributed by atoms with Crippen molar-refractivity contribution in [3.8, 4) is 17.3 Å². The smallest absolute Gasteiger partial charge is 0.410 e. The van der Waals surface area contributed by atoms with E-state index in [1.165, 1.54) is 21.5 Å². The zero-order valence-electron chi connectivity index (χ0n) is 21.0. The minimum Gasteiger partial charge on any atom is -0.444 e. The molecule has 3 aromatic heterocycles. The maximum Gasteiger partial charge on any atom is 0.410 e. The second kappa shape index (κ2) is 8.96. The van der Waals surface area contributed by atoms with E-state index in [0.717, 1.165) is 0 Å². The van der Waals surface area contributed by atoms with Gasteiger partial charge in [-0.1, -0.05) is 0 Å². The lowest BCUT2D eigenvalue weighted by atomic mass is 10.0. The summed E-state index contributed by atoms with van der Waals surface area (Å²) in [6, 6.07) is 6.26. The number of rotatable bonds is 2. The van der Waals surface area contributed by atoms with Crippen LogP contribution in [0.5, 0.6) is 0 Å². The lowest BCUT2D eigenvalue weighted by Crippen LogP contribution is -2.43. The van der Waals surface area contributed by atoms with E-state index in [1.807, 2.05) is 20.8 Å². The third-order valence-electron chi connectivity index (χ3n) is 6.31. The monoisotopic (exact) mass is 503 g/mol. The van der Waals surface area contributed by atoms with Gasteiger partial charge >= 0.3 is 6.09 Å². The molecule has 37 heavy (non-hydrogen) atoms. The second-order valence-electron chi connectivity index (χ2n) is 10.2. The van der Waals surface area contributed by atoms with E-state index in [1.54, 1.807) is 30.2 Å². The normalized spacial score (nSPS) is 14.8. The van der Waals surface area contributed by atoms with E-state index in [4.69, 9.17) is 4.74 Å². The summed E-state index contributed by atoms with van der Waals surface area (Å²) in [6.45, 7) is 8.08. The molecule has 0 radical (unpaired) electrons. The number of hydrogen-bond donors (Lipinski definition) is 0. The molecule has 1 aromatic carbocycles. The first-order chi connectivity index (χ1) is 17.5. The molecule has 1 aliphatic rings. The van der Waals surface area contributed by atoms with Gasteiger partial charge in [-0.2, -0.15) is 10.4 Å². The zero-order valence-corrected chi connectivity index (χ0v) is 21.0. The quantitative estimate of drug-likeness (QED) is 0.406. The van der Waals surface area contributed by atoms with Crippen molar-refractivity contribution in [1.29, 1.82) is 5.26 Å². The number of aryl methyl sites for hydroxylation is 1. The number of carbonyl (C=O) groups is 1. The van der Waals surface area contributed by atoms with E-state index in [-0.39, 0.29) is 23.0 Å². The van der Waals surface area contributed by atoms with Crippen molar-refractivity contribution in [3.05, 3.63) is 58.2 Å². The Morgan fingerprint density at radius 2 is 1.95 bits per heavy atom. The topological polar surface area (TPSA) is 118 Å². The van der Waals surface area contributed by atoms with Gasteiger partial charge in [0.15, 0.2) is 5.65 Å². The van der Waals surface area contributed by atoms with Crippen LogP contribution in [0.1, 0.15) is 50.9 Å². The Morgan fingerprint density at radius 3 is 2.62 bits per heavy atom. The Kier molecular flexibility index (Phi) is 5.90. The third kappa shape index (κ3) is 4.62. The van der Waals surface area contributed by atoms with Gasteiger partial charge in [-0.05, 0) is 58.7 Å². The van der Waals surface area contributed by atoms with Crippen LogP contribution in [0.25, 0.3) is 27.8 Å². The highest BCUT2D eigenvalue weighted by atomic mass is 19.1. The van der Waals surface area contributed by atoms with Gasteiger partial charge < -0.3 is 9.64 Å². The van der Waals surface area contributed by atoms with Crippen LogP contribution in [0.15, 0.2) is 35.5 Å². The molecule has 11 heteroatoms. The number of fused-ring (bicyclic) bond motifs is 2. The van der Waals surface area contributed by atoms with Crippen LogP contribution in [0.3, 0.4) is 0 Å². The van der Waals surface area contributed by atoms with Crippen molar-refractivity contribution in [2.24, 2.45) is 0 Å². The molecule has 0 bridgehead atoms. The van der Waals surface area contributed by atoms with Gasteiger partial charge in [-0.15, -0.1) is 0 Å². The van der Waals surface area contributed by atoms with Crippen molar-refractivity contribution < 1.29 is 13.9 Å².